The smallest absolute Gasteiger partial charge is 0.214 e. The van der Waals surface area contributed by atoms with E-state index in [1.54, 1.807) is 7.11 Å². The van der Waals surface area contributed by atoms with E-state index < -0.39 is 0 Å². The highest BCUT2D eigenvalue weighted by Crippen LogP contribution is 2.20. The summed E-state index contributed by atoms with van der Waals surface area (Å²) in [5, 5.41) is 3.45. The minimum Gasteiger partial charge on any atom is -0.481 e. The molecule has 0 saturated carbocycles. The third-order valence-electron chi connectivity index (χ3n) is 2.51. The van der Waals surface area contributed by atoms with Crippen LogP contribution in [-0.2, 0) is 0 Å². The van der Waals surface area contributed by atoms with Gasteiger partial charge in [-0.25, -0.2) is 0 Å². The van der Waals surface area contributed by atoms with Crippen molar-refractivity contribution in [2.75, 3.05) is 23.9 Å². The molecule has 82 valence electrons. The zero-order chi connectivity index (χ0) is 10.5. The summed E-state index contributed by atoms with van der Waals surface area (Å²) in [6, 6.07) is 6.39. The summed E-state index contributed by atoms with van der Waals surface area (Å²) in [4.78, 5) is 4.35. The Morgan fingerprint density at radius 2 is 2.20 bits per heavy atom. The highest BCUT2D eigenvalue weighted by Gasteiger charge is 2.13. The van der Waals surface area contributed by atoms with E-state index in [0.29, 0.717) is 11.9 Å². The largest absolute Gasteiger partial charge is 0.481 e. The summed E-state index contributed by atoms with van der Waals surface area (Å²) in [7, 11) is 1.64. The second kappa shape index (κ2) is 5.26. The number of ether oxygens (including phenoxy) is 1. The SMILES string of the molecule is COc1cccc(NC2CCSCC2)n1. The number of anilines is 1. The van der Waals surface area contributed by atoms with Crippen molar-refractivity contribution < 1.29 is 4.74 Å². The lowest BCUT2D eigenvalue weighted by atomic mass is 10.1. The molecule has 1 aliphatic rings. The predicted molar refractivity (Wildman–Crippen MR) is 64.8 cm³/mol. The lowest BCUT2D eigenvalue weighted by Gasteiger charge is -2.23. The highest BCUT2D eigenvalue weighted by molar-refractivity contribution is 7.99. The Bertz CT molecular complexity index is 313. The van der Waals surface area contributed by atoms with E-state index in [9.17, 15) is 0 Å². The number of hydrogen-bond donors (Lipinski definition) is 1. The molecule has 2 rings (SSSR count). The van der Waals surface area contributed by atoms with Gasteiger partial charge in [0.1, 0.15) is 5.82 Å². The van der Waals surface area contributed by atoms with Crippen molar-refractivity contribution >= 4 is 17.6 Å². The number of thioether (sulfide) groups is 1. The fraction of sp³-hybridized carbons (Fsp3) is 0.545. The second-order valence-electron chi connectivity index (χ2n) is 3.60. The molecule has 0 aromatic carbocycles. The molecular formula is C11H16N2OS. The zero-order valence-electron chi connectivity index (χ0n) is 8.90. The summed E-state index contributed by atoms with van der Waals surface area (Å²) in [6.07, 6.45) is 2.45. The Morgan fingerprint density at radius 1 is 1.40 bits per heavy atom. The standard InChI is InChI=1S/C11H16N2OS/c1-14-11-4-2-3-10(13-11)12-9-5-7-15-8-6-9/h2-4,9H,5-8H2,1H3,(H,12,13). The van der Waals surface area contributed by atoms with E-state index in [1.165, 1.54) is 24.3 Å². The number of nitrogens with zero attached hydrogens (tertiary/aromatic N) is 1. The number of nitrogens with one attached hydrogen (secondary N) is 1. The quantitative estimate of drug-likeness (QED) is 0.855. The van der Waals surface area contributed by atoms with Gasteiger partial charge in [0, 0.05) is 12.1 Å². The van der Waals surface area contributed by atoms with Crippen LogP contribution in [0.5, 0.6) is 5.88 Å². The number of pyridine rings is 1. The molecule has 0 aliphatic carbocycles. The van der Waals surface area contributed by atoms with E-state index in [4.69, 9.17) is 4.74 Å². The van der Waals surface area contributed by atoms with Gasteiger partial charge < -0.3 is 10.1 Å². The lowest BCUT2D eigenvalue weighted by molar-refractivity contribution is 0.398. The molecule has 1 N–H and O–H groups in total. The molecule has 15 heavy (non-hydrogen) atoms. The fourth-order valence-electron chi connectivity index (χ4n) is 1.66. The molecule has 1 aliphatic heterocycles. The molecule has 3 nitrogen and oxygen atoms in total. The third-order valence-corrected chi connectivity index (χ3v) is 3.55. The van der Waals surface area contributed by atoms with Gasteiger partial charge in [-0.3, -0.25) is 0 Å². The van der Waals surface area contributed by atoms with Crippen LogP contribution in [0.1, 0.15) is 12.8 Å². The first-order valence-corrected chi connectivity index (χ1v) is 6.39. The fourth-order valence-corrected chi connectivity index (χ4v) is 2.77. The molecular weight excluding hydrogens is 208 g/mol. The average molecular weight is 224 g/mol. The molecule has 0 bridgehead atoms. The molecule has 1 fully saturated rings. The van der Waals surface area contributed by atoms with Gasteiger partial charge in [-0.1, -0.05) is 6.07 Å². The van der Waals surface area contributed by atoms with Gasteiger partial charge >= 0.3 is 0 Å². The van der Waals surface area contributed by atoms with Gasteiger partial charge in [0.05, 0.1) is 7.11 Å². The maximum Gasteiger partial charge on any atom is 0.214 e. The first kappa shape index (κ1) is 10.6. The Hall–Kier alpha value is -0.900. The minimum absolute atomic E-state index is 0.575. The Morgan fingerprint density at radius 3 is 2.93 bits per heavy atom. The van der Waals surface area contributed by atoms with Crippen molar-refractivity contribution in [1.82, 2.24) is 4.98 Å². The van der Waals surface area contributed by atoms with Gasteiger partial charge in [0.2, 0.25) is 5.88 Å². The van der Waals surface area contributed by atoms with Crippen LogP contribution in [0.15, 0.2) is 18.2 Å². The van der Waals surface area contributed by atoms with Crippen molar-refractivity contribution in [3.8, 4) is 5.88 Å². The Kier molecular flexibility index (Phi) is 3.72. The second-order valence-corrected chi connectivity index (χ2v) is 4.82. The molecule has 2 heterocycles. The van der Waals surface area contributed by atoms with E-state index in [2.05, 4.69) is 10.3 Å². The van der Waals surface area contributed by atoms with E-state index >= 15 is 0 Å². The van der Waals surface area contributed by atoms with Crippen LogP contribution >= 0.6 is 11.8 Å². The van der Waals surface area contributed by atoms with Crippen LogP contribution in [-0.4, -0.2) is 29.6 Å². The topological polar surface area (TPSA) is 34.1 Å². The Labute approximate surface area is 94.6 Å². The van der Waals surface area contributed by atoms with Gasteiger partial charge in [-0.2, -0.15) is 16.7 Å². The van der Waals surface area contributed by atoms with E-state index in [0.717, 1.165) is 5.82 Å². The van der Waals surface area contributed by atoms with Crippen molar-refractivity contribution in [3.05, 3.63) is 18.2 Å². The molecule has 0 unspecified atom stereocenters. The number of rotatable bonds is 3. The minimum atomic E-state index is 0.575. The summed E-state index contributed by atoms with van der Waals surface area (Å²) in [5.74, 6) is 4.10. The summed E-state index contributed by atoms with van der Waals surface area (Å²) >= 11 is 2.03. The van der Waals surface area contributed by atoms with Crippen LogP contribution in [0.25, 0.3) is 0 Å². The van der Waals surface area contributed by atoms with Crippen LogP contribution in [0.2, 0.25) is 0 Å². The normalized spacial score (nSPS) is 17.4. The monoisotopic (exact) mass is 224 g/mol. The van der Waals surface area contributed by atoms with Crippen molar-refractivity contribution in [1.29, 1.82) is 0 Å². The molecule has 0 spiro atoms. The molecule has 0 atom stereocenters. The average Bonchev–Trinajstić information content (AvgIpc) is 2.31. The zero-order valence-corrected chi connectivity index (χ0v) is 9.72. The lowest BCUT2D eigenvalue weighted by Crippen LogP contribution is -2.24. The third kappa shape index (κ3) is 3.02. The molecule has 1 saturated heterocycles. The molecule has 0 amide bonds. The summed E-state index contributed by atoms with van der Waals surface area (Å²) < 4.78 is 5.09. The predicted octanol–water partition coefficient (Wildman–Crippen LogP) is 2.40. The molecule has 0 radical (unpaired) electrons. The summed E-state index contributed by atoms with van der Waals surface area (Å²) in [5.41, 5.74) is 0. The Balaban J connectivity index is 1.96. The molecule has 1 aromatic heterocycles. The van der Waals surface area contributed by atoms with Crippen LogP contribution in [0.4, 0.5) is 5.82 Å². The molecule has 1 aromatic rings. The van der Waals surface area contributed by atoms with Gasteiger partial charge in [0.15, 0.2) is 0 Å². The first-order chi connectivity index (χ1) is 7.38. The van der Waals surface area contributed by atoms with Crippen molar-refractivity contribution in [3.63, 3.8) is 0 Å². The van der Waals surface area contributed by atoms with Gasteiger partial charge in [0.25, 0.3) is 0 Å². The highest BCUT2D eigenvalue weighted by atomic mass is 32.2. The van der Waals surface area contributed by atoms with Crippen LogP contribution in [0, 0.1) is 0 Å². The van der Waals surface area contributed by atoms with Crippen molar-refractivity contribution in [2.45, 2.75) is 18.9 Å². The maximum atomic E-state index is 5.09. The number of hydrogen-bond acceptors (Lipinski definition) is 4. The number of aromatic nitrogens is 1. The van der Waals surface area contributed by atoms with E-state index in [-0.39, 0.29) is 0 Å². The molecule has 4 heteroatoms. The van der Waals surface area contributed by atoms with Gasteiger partial charge in [-0.05, 0) is 30.4 Å². The van der Waals surface area contributed by atoms with Crippen LogP contribution < -0.4 is 10.1 Å². The first-order valence-electron chi connectivity index (χ1n) is 5.24. The summed E-state index contributed by atoms with van der Waals surface area (Å²) in [6.45, 7) is 0. The van der Waals surface area contributed by atoms with E-state index in [1.807, 2.05) is 30.0 Å². The number of methoxy groups -OCH3 is 1. The van der Waals surface area contributed by atoms with Crippen LogP contribution in [0.3, 0.4) is 0 Å². The van der Waals surface area contributed by atoms with Gasteiger partial charge in [-0.15, -0.1) is 0 Å². The maximum absolute atomic E-state index is 5.09. The van der Waals surface area contributed by atoms with Crippen molar-refractivity contribution in [2.24, 2.45) is 0 Å².